The van der Waals surface area contributed by atoms with Gasteiger partial charge in [-0.1, -0.05) is 60.6 Å². The summed E-state index contributed by atoms with van der Waals surface area (Å²) in [5, 5.41) is 4.91. The maximum absolute atomic E-state index is 13.4. The average molecular weight is 542 g/mol. The predicted molar refractivity (Wildman–Crippen MR) is 143 cm³/mol. The fraction of sp³-hybridized carbons (Fsp3) is 0.462. The van der Waals surface area contributed by atoms with E-state index in [0.29, 0.717) is 34.3 Å². The highest BCUT2D eigenvalue weighted by Gasteiger charge is 2.30. The van der Waals surface area contributed by atoms with E-state index in [4.69, 9.17) is 34.8 Å². The topological polar surface area (TPSA) is 49.4 Å². The quantitative estimate of drug-likeness (QED) is 0.238. The third kappa shape index (κ3) is 8.08. The fourth-order valence-electron chi connectivity index (χ4n) is 4.21. The van der Waals surface area contributed by atoms with Crippen LogP contribution in [0.15, 0.2) is 47.4 Å². The van der Waals surface area contributed by atoms with Gasteiger partial charge in [0.1, 0.15) is 6.04 Å². The van der Waals surface area contributed by atoms with Gasteiger partial charge in [-0.15, -0.1) is 11.8 Å². The molecule has 3 rings (SSSR count). The number of thioether (sulfide) groups is 1. The van der Waals surface area contributed by atoms with Gasteiger partial charge in [0, 0.05) is 39.0 Å². The monoisotopic (exact) mass is 540 g/mol. The first kappa shape index (κ1) is 27.2. The van der Waals surface area contributed by atoms with Crippen molar-refractivity contribution in [1.82, 2.24) is 10.2 Å². The van der Waals surface area contributed by atoms with Crippen LogP contribution in [0.5, 0.6) is 0 Å². The molecule has 1 fully saturated rings. The first-order chi connectivity index (χ1) is 16.4. The lowest BCUT2D eigenvalue weighted by molar-refractivity contribution is -0.141. The number of nitrogens with one attached hydrogen (secondary N) is 1. The Labute approximate surface area is 221 Å². The van der Waals surface area contributed by atoms with Crippen molar-refractivity contribution in [3.8, 4) is 0 Å². The number of hydrogen-bond acceptors (Lipinski definition) is 3. The van der Waals surface area contributed by atoms with Crippen molar-refractivity contribution in [2.24, 2.45) is 0 Å². The van der Waals surface area contributed by atoms with Crippen LogP contribution in [0.25, 0.3) is 0 Å². The van der Waals surface area contributed by atoms with Crippen LogP contribution < -0.4 is 5.32 Å². The molecule has 4 nitrogen and oxygen atoms in total. The van der Waals surface area contributed by atoms with Gasteiger partial charge >= 0.3 is 0 Å². The van der Waals surface area contributed by atoms with Crippen molar-refractivity contribution < 1.29 is 9.59 Å². The highest BCUT2D eigenvalue weighted by molar-refractivity contribution is 7.99. The normalized spacial score (nSPS) is 14.7. The van der Waals surface area contributed by atoms with Gasteiger partial charge in [0.25, 0.3) is 0 Å². The number of rotatable bonds is 11. The van der Waals surface area contributed by atoms with Gasteiger partial charge in [-0.3, -0.25) is 9.59 Å². The van der Waals surface area contributed by atoms with Gasteiger partial charge < -0.3 is 10.2 Å². The lowest BCUT2D eigenvalue weighted by Gasteiger charge is -2.32. The predicted octanol–water partition coefficient (Wildman–Crippen LogP) is 7.39. The third-order valence-electron chi connectivity index (χ3n) is 6.06. The molecule has 1 aliphatic rings. The van der Waals surface area contributed by atoms with E-state index in [9.17, 15) is 9.59 Å². The molecule has 184 valence electrons. The Morgan fingerprint density at radius 3 is 2.38 bits per heavy atom. The first-order valence-electron chi connectivity index (χ1n) is 11.8. The summed E-state index contributed by atoms with van der Waals surface area (Å²) in [4.78, 5) is 29.3. The van der Waals surface area contributed by atoms with Crippen LogP contribution in [0.1, 0.15) is 57.4 Å². The summed E-state index contributed by atoms with van der Waals surface area (Å²) in [7, 11) is 0. The summed E-state index contributed by atoms with van der Waals surface area (Å²) in [6.45, 7) is 2.22. The zero-order valence-electron chi connectivity index (χ0n) is 19.4. The average Bonchev–Trinajstić information content (AvgIpc) is 3.32. The number of benzene rings is 2. The minimum atomic E-state index is -0.538. The van der Waals surface area contributed by atoms with Crippen LogP contribution in [0.3, 0.4) is 0 Å². The molecule has 1 unspecified atom stereocenters. The van der Waals surface area contributed by atoms with Crippen LogP contribution in [0.4, 0.5) is 0 Å². The maximum atomic E-state index is 13.4. The second-order valence-electron chi connectivity index (χ2n) is 8.58. The number of hydrogen-bond donors (Lipinski definition) is 1. The minimum absolute atomic E-state index is 0.0452. The van der Waals surface area contributed by atoms with Crippen molar-refractivity contribution in [3.63, 3.8) is 0 Å². The van der Waals surface area contributed by atoms with Crippen molar-refractivity contribution in [2.45, 2.75) is 75.4 Å². The number of nitrogens with zero attached hydrogens (tertiary/aromatic N) is 1. The van der Waals surface area contributed by atoms with E-state index in [1.807, 2.05) is 37.3 Å². The molecule has 0 heterocycles. The Hall–Kier alpha value is -1.40. The van der Waals surface area contributed by atoms with Crippen molar-refractivity contribution in [1.29, 1.82) is 0 Å². The minimum Gasteiger partial charge on any atom is -0.352 e. The molecule has 1 N–H and O–H groups in total. The van der Waals surface area contributed by atoms with E-state index in [2.05, 4.69) is 5.32 Å². The number of amides is 2. The standard InChI is InChI=1S/C26H31Cl3N2O2S/c1-2-24(26(33)30-21-6-3-4-7-21)31(17-18-9-10-20(28)16-23(18)29)25(32)8-5-15-34-22-13-11-19(27)12-14-22/h9-14,16,21,24H,2-8,15,17H2,1H3,(H,30,33). The summed E-state index contributed by atoms with van der Waals surface area (Å²) >= 11 is 20.1. The Bertz CT molecular complexity index is 965. The Balaban J connectivity index is 1.67. The number of carbonyl (C=O) groups is 2. The molecule has 34 heavy (non-hydrogen) atoms. The zero-order chi connectivity index (χ0) is 24.5. The molecule has 2 amide bonds. The third-order valence-corrected chi connectivity index (χ3v) is 8.00. The molecule has 1 atom stereocenters. The highest BCUT2D eigenvalue weighted by Crippen LogP contribution is 2.26. The van der Waals surface area contributed by atoms with Gasteiger partial charge in [-0.2, -0.15) is 0 Å². The first-order valence-corrected chi connectivity index (χ1v) is 13.9. The smallest absolute Gasteiger partial charge is 0.243 e. The largest absolute Gasteiger partial charge is 0.352 e. The van der Waals surface area contributed by atoms with Crippen molar-refractivity contribution in [2.75, 3.05) is 5.75 Å². The van der Waals surface area contributed by atoms with Crippen LogP contribution in [-0.4, -0.2) is 34.6 Å². The number of halogens is 3. The molecule has 0 aromatic heterocycles. The van der Waals surface area contributed by atoms with E-state index >= 15 is 0 Å². The Morgan fingerprint density at radius 1 is 1.06 bits per heavy atom. The van der Waals surface area contributed by atoms with E-state index in [1.165, 1.54) is 0 Å². The lowest BCUT2D eigenvalue weighted by Crippen LogP contribution is -2.50. The van der Waals surface area contributed by atoms with Gasteiger partial charge in [0.15, 0.2) is 0 Å². The second-order valence-corrected chi connectivity index (χ2v) is 11.0. The molecule has 2 aromatic carbocycles. The molecule has 2 aromatic rings. The van der Waals surface area contributed by atoms with Crippen molar-refractivity contribution >= 4 is 58.4 Å². The summed E-state index contributed by atoms with van der Waals surface area (Å²) in [6.07, 6.45) is 5.87. The van der Waals surface area contributed by atoms with Crippen LogP contribution in [0, 0.1) is 0 Å². The lowest BCUT2D eigenvalue weighted by atomic mass is 10.1. The Morgan fingerprint density at radius 2 is 1.74 bits per heavy atom. The Kier molecular flexibility index (Phi) is 10.9. The van der Waals surface area contributed by atoms with Gasteiger partial charge in [-0.25, -0.2) is 0 Å². The molecule has 1 saturated carbocycles. The van der Waals surface area contributed by atoms with Crippen LogP contribution in [-0.2, 0) is 16.1 Å². The molecule has 0 bridgehead atoms. The molecular formula is C26H31Cl3N2O2S. The summed E-state index contributed by atoms with van der Waals surface area (Å²) in [5.41, 5.74) is 0.780. The van der Waals surface area contributed by atoms with Crippen LogP contribution in [0.2, 0.25) is 15.1 Å². The molecular weight excluding hydrogens is 511 g/mol. The van der Waals surface area contributed by atoms with Gasteiger partial charge in [0.2, 0.25) is 11.8 Å². The van der Waals surface area contributed by atoms with E-state index in [-0.39, 0.29) is 24.4 Å². The van der Waals surface area contributed by atoms with Crippen molar-refractivity contribution in [3.05, 3.63) is 63.1 Å². The van der Waals surface area contributed by atoms with Crippen LogP contribution >= 0.6 is 46.6 Å². The molecule has 0 saturated heterocycles. The van der Waals surface area contributed by atoms with E-state index in [1.54, 1.807) is 28.8 Å². The fourth-order valence-corrected chi connectivity index (χ4v) is 5.66. The molecule has 0 spiro atoms. The van der Waals surface area contributed by atoms with E-state index < -0.39 is 6.04 Å². The molecule has 0 aliphatic heterocycles. The summed E-state index contributed by atoms with van der Waals surface area (Å²) in [5.74, 6) is 0.674. The summed E-state index contributed by atoms with van der Waals surface area (Å²) in [6, 6.07) is 12.6. The van der Waals surface area contributed by atoms with E-state index in [0.717, 1.165) is 41.9 Å². The van der Waals surface area contributed by atoms with Gasteiger partial charge in [0.05, 0.1) is 0 Å². The van der Waals surface area contributed by atoms with Gasteiger partial charge in [-0.05, 0) is 73.4 Å². The highest BCUT2D eigenvalue weighted by atomic mass is 35.5. The molecule has 8 heteroatoms. The SMILES string of the molecule is CCC(C(=O)NC1CCCC1)N(Cc1ccc(Cl)cc1Cl)C(=O)CCCSc1ccc(Cl)cc1. The zero-order valence-corrected chi connectivity index (χ0v) is 22.5. The summed E-state index contributed by atoms with van der Waals surface area (Å²) < 4.78 is 0. The molecule has 0 radical (unpaired) electrons. The second kappa shape index (κ2) is 13.6. The molecule has 1 aliphatic carbocycles. The number of carbonyl (C=O) groups excluding carboxylic acids is 2. The maximum Gasteiger partial charge on any atom is 0.243 e.